The van der Waals surface area contributed by atoms with Gasteiger partial charge < -0.3 is 89.8 Å². The van der Waals surface area contributed by atoms with Gasteiger partial charge in [-0.3, -0.25) is 59.2 Å². The van der Waals surface area contributed by atoms with Gasteiger partial charge in [0, 0.05) is 295 Å². The van der Waals surface area contributed by atoms with Crippen LogP contribution in [0.5, 0.6) is 0 Å². The molecule has 13 aromatic rings. The summed E-state index contributed by atoms with van der Waals surface area (Å²) in [6.45, 7) is 29.4. The molecule has 7 aromatic heterocycles. The van der Waals surface area contributed by atoms with Crippen molar-refractivity contribution in [3.05, 3.63) is 397 Å². The fourth-order valence-corrected chi connectivity index (χ4v) is 5.72. The van der Waals surface area contributed by atoms with E-state index in [9.17, 15) is 0 Å². The van der Waals surface area contributed by atoms with E-state index in [1.165, 1.54) is 40.7 Å². The van der Waals surface area contributed by atoms with Crippen LogP contribution >= 0.6 is 0 Å². The van der Waals surface area contributed by atoms with E-state index < -0.39 is 0 Å². The summed E-state index contributed by atoms with van der Waals surface area (Å²) in [6.07, 6.45) is 34.0. The Balaban J connectivity index is -0.000000242. The Labute approximate surface area is 746 Å². The molecular formula is C76H69N19Y6-12. The third kappa shape index (κ3) is 65.3. The summed E-state index contributed by atoms with van der Waals surface area (Å²) in [5.41, 5.74) is 15.9. The van der Waals surface area contributed by atoms with E-state index >= 15 is 0 Å². The van der Waals surface area contributed by atoms with Gasteiger partial charge in [0.2, 0.25) is 0 Å². The van der Waals surface area contributed by atoms with Crippen LogP contribution < -0.4 is 5.43 Å². The smallest absolute Gasteiger partial charge is 0.115 e. The van der Waals surface area contributed by atoms with Crippen LogP contribution in [-0.2, 0) is 196 Å². The Kier molecular flexibility index (Phi) is 87.8. The average molecular weight is 1780 g/mol. The minimum Gasteiger partial charge on any atom is -0.911 e. The van der Waals surface area contributed by atoms with E-state index in [0.717, 1.165) is 53.7 Å². The molecule has 0 bridgehead atoms. The number of rotatable bonds is 6. The molecule has 0 saturated carbocycles. The first-order valence-corrected chi connectivity index (χ1v) is 28.3. The van der Waals surface area contributed by atoms with Gasteiger partial charge >= 0.3 is 0 Å². The van der Waals surface area contributed by atoms with Crippen LogP contribution in [0.15, 0.2) is 338 Å². The van der Waals surface area contributed by atoms with Gasteiger partial charge in [-0.1, -0.05) is 77.6 Å². The van der Waals surface area contributed by atoms with Crippen molar-refractivity contribution in [2.24, 2.45) is 20.4 Å². The molecule has 14 rings (SSSR count). The molecule has 0 atom stereocenters. The number of para-hydroxylation sites is 3. The molecule has 498 valence electrons. The maximum atomic E-state index is 8.38. The Morgan fingerprint density at radius 2 is 0.891 bits per heavy atom. The number of nitrogens with zero attached hydrogens (tertiary/aromatic N) is 18. The van der Waals surface area contributed by atoms with Crippen molar-refractivity contribution in [3.8, 4) is 0 Å². The minimum absolute atomic E-state index is 0. The predicted octanol–water partition coefficient (Wildman–Crippen LogP) is 16.1. The van der Waals surface area contributed by atoms with Crippen molar-refractivity contribution in [1.29, 1.82) is 0 Å². The summed E-state index contributed by atoms with van der Waals surface area (Å²) in [5.74, 6) is 0. The van der Waals surface area contributed by atoms with Gasteiger partial charge in [-0.2, -0.15) is 57.3 Å². The molecule has 8 heterocycles. The largest absolute Gasteiger partial charge is 0.911 e. The molecule has 25 heteroatoms. The first-order chi connectivity index (χ1) is 46.9. The first kappa shape index (κ1) is 105. The van der Waals surface area contributed by atoms with Crippen LogP contribution in [0, 0.1) is 51.4 Å². The molecule has 0 aliphatic carbocycles. The van der Waals surface area contributed by atoms with Crippen molar-refractivity contribution < 1.29 is 196 Å². The van der Waals surface area contributed by atoms with Crippen LogP contribution in [0.2, 0.25) is 0 Å². The van der Waals surface area contributed by atoms with Gasteiger partial charge in [0.25, 0.3) is 0 Å². The quantitative estimate of drug-likeness (QED) is 0.0704. The summed E-state index contributed by atoms with van der Waals surface area (Å²) in [4.78, 5) is 38.1. The number of nitrogens with one attached hydrogen (secondary N) is 1. The van der Waals surface area contributed by atoms with Crippen LogP contribution in [0.25, 0.3) is 55.1 Å². The zero-order valence-electron chi connectivity index (χ0n) is 55.5. The average Bonchev–Trinajstić information content (AvgIpc) is 1.04. The second-order valence-electron chi connectivity index (χ2n) is 16.5. The summed E-state index contributed by atoms with van der Waals surface area (Å²) in [6, 6.07) is 71.4. The van der Waals surface area contributed by atoms with Crippen LogP contribution in [0.1, 0.15) is 11.1 Å². The second kappa shape index (κ2) is 84.1. The fraction of sp³-hybridized carbons (Fsp3) is 0.0395. The predicted molar refractivity (Wildman–Crippen MR) is 384 cm³/mol. The number of benzene rings is 6. The summed E-state index contributed by atoms with van der Waals surface area (Å²) in [5, 5.41) is 36.6. The number of hydrogen-bond donors (Lipinski definition) is 1. The van der Waals surface area contributed by atoms with E-state index in [0.29, 0.717) is 17.8 Å². The molecule has 0 amide bonds. The molecule has 6 radical (unpaired) electrons. The monoisotopic (exact) mass is 1780 g/mol. The van der Waals surface area contributed by atoms with E-state index in [2.05, 4.69) is 144 Å². The molecule has 1 aliphatic rings. The summed E-state index contributed by atoms with van der Waals surface area (Å²) in [7, 11) is 0. The van der Waals surface area contributed by atoms with Gasteiger partial charge in [0.15, 0.2) is 0 Å². The fourth-order valence-electron chi connectivity index (χ4n) is 5.72. The minimum atomic E-state index is 0. The standard InChI is InChI=1S/2C9H7N.C8H6N2.C8H6.C7H5N.C6H4N2.C5H5N.3C4H4N2.C4H4.C3H5N.C3H3N.C2H5N3.6Y/c1-2-6-9-8(4-1)5-3-7-10-9;1-2-4-9-7-10-6-5-8(9)3-1;1-2-4-8-7(3-1)9-5-6-10-8;1-2-8-6-4-3-5-7-8;8-6-7-4-2-1-3-5-7;7-8-6-4-2-1-3-5-6;1-2-4-6-5-3-1;1-2-6-4-3-5-1;1-2-5-4-6-3-1;1-2-4-6-5-3-1;2*1-3-4-2;1-2-3-4;1-2-4-5-3-1;;;;;;/h2*1-7H;1-6H;1-6H;1-4,6H;1-4H;1-5H;3*1-4H;1-4H;2H,1,3H2;1-3H;1-2H2,(H,3,4);;;;;;/q;;;3*-2;;;;;3*-2;;;;;;;. The second-order valence-corrected chi connectivity index (χ2v) is 16.5. The molecule has 0 saturated heterocycles. The Morgan fingerprint density at radius 3 is 1.20 bits per heavy atom. The zero-order valence-corrected chi connectivity index (χ0v) is 72.5. The molecule has 101 heavy (non-hydrogen) atoms. The number of allylic oxidation sites excluding steroid dienone is 3. The van der Waals surface area contributed by atoms with Crippen molar-refractivity contribution in [1.82, 2.24) is 60.5 Å². The number of hydrogen-bond acceptors (Lipinski definition) is 16. The van der Waals surface area contributed by atoms with Gasteiger partial charge in [0.05, 0.1) is 29.6 Å². The van der Waals surface area contributed by atoms with E-state index in [4.69, 9.17) is 36.1 Å². The molecule has 19 nitrogen and oxygen atoms in total. The van der Waals surface area contributed by atoms with E-state index in [1.54, 1.807) is 111 Å². The molecular weight excluding hydrogens is 1710 g/mol. The molecule has 0 unspecified atom stereocenters. The number of pyridine rings is 3. The Hall–Kier alpha value is -6.54. The maximum absolute atomic E-state index is 8.38. The molecule has 1 N–H and O–H groups in total. The third-order valence-corrected chi connectivity index (χ3v) is 9.82. The first-order valence-electron chi connectivity index (χ1n) is 28.3. The Morgan fingerprint density at radius 1 is 0.436 bits per heavy atom. The van der Waals surface area contributed by atoms with Crippen LogP contribution in [0.3, 0.4) is 0 Å². The maximum Gasteiger partial charge on any atom is 0.115 e. The number of aromatic nitrogens is 11. The van der Waals surface area contributed by atoms with E-state index in [-0.39, 0.29) is 196 Å². The van der Waals surface area contributed by atoms with Gasteiger partial charge in [0.1, 0.15) is 6.33 Å². The molecule has 1 aliphatic heterocycles. The molecule has 0 spiro atoms. The third-order valence-electron chi connectivity index (χ3n) is 9.82. The van der Waals surface area contributed by atoms with Crippen molar-refractivity contribution in [2.75, 3.05) is 19.6 Å². The topological polar surface area (TPSA) is 270 Å². The zero-order chi connectivity index (χ0) is 68.6. The Bertz CT molecular complexity index is 3220. The summed E-state index contributed by atoms with van der Waals surface area (Å²) < 4.78 is 0. The van der Waals surface area contributed by atoms with E-state index in [1.807, 2.05) is 158 Å². The van der Waals surface area contributed by atoms with Crippen LogP contribution in [0.4, 0.5) is 5.69 Å². The molecule has 0 fully saturated rings. The van der Waals surface area contributed by atoms with Gasteiger partial charge in [-0.25, -0.2) is 22.1 Å². The summed E-state index contributed by atoms with van der Waals surface area (Å²) >= 11 is 0. The number of aliphatic imine (C=N–C) groups is 1. The van der Waals surface area contributed by atoms with Gasteiger partial charge in [-0.15, -0.1) is 49.0 Å². The number of fused-ring (bicyclic) bond motifs is 3. The molecule has 6 aromatic carbocycles. The SMILES string of the molecule is C1CNN=N1.[CH-]=CC=[CH-].[CH-]=CC=[N-].[CH-]=Cc1[c-]cccc1.[CH-]=NC[CH2-].[N-]=Cc1[c-]cccc1.[N-]=Nc1[c-]cccc1.[Y].[Y].[Y].[Y].[Y].[Y].c1ccc2cnccc2c1.c1ccc2ncccc2c1.c1ccc2nccnc2c1.c1ccncc1.c1ccnnc1.c1cnccn1.c1cncnc1. The van der Waals surface area contributed by atoms with Gasteiger partial charge in [-0.05, 0) is 71.4 Å². The van der Waals surface area contributed by atoms with Crippen LogP contribution in [-0.4, -0.2) is 93.8 Å². The van der Waals surface area contributed by atoms with Crippen molar-refractivity contribution in [2.45, 2.75) is 0 Å². The van der Waals surface area contributed by atoms with Crippen molar-refractivity contribution in [3.63, 3.8) is 0 Å². The van der Waals surface area contributed by atoms with Crippen molar-refractivity contribution >= 4 is 63.6 Å². The normalized spacial score (nSPS) is 8.49.